The van der Waals surface area contributed by atoms with Gasteiger partial charge in [0.05, 0.1) is 13.2 Å². The molecule has 1 saturated carbocycles. The lowest BCUT2D eigenvalue weighted by Crippen LogP contribution is -2.38. The van der Waals surface area contributed by atoms with Crippen LogP contribution in [-0.4, -0.2) is 36.8 Å². The van der Waals surface area contributed by atoms with E-state index in [1.54, 1.807) is 0 Å². The van der Waals surface area contributed by atoms with Gasteiger partial charge in [-0.15, -0.1) is 0 Å². The van der Waals surface area contributed by atoms with Crippen molar-refractivity contribution in [1.29, 1.82) is 0 Å². The summed E-state index contributed by atoms with van der Waals surface area (Å²) in [6.45, 7) is 2.57. The fourth-order valence-electron chi connectivity index (χ4n) is 2.96. The van der Waals surface area contributed by atoms with Crippen molar-refractivity contribution in [3.63, 3.8) is 0 Å². The first kappa shape index (κ1) is 20.5. The number of aliphatic hydroxyl groups is 1. The molecule has 1 aliphatic carbocycles. The van der Waals surface area contributed by atoms with Crippen LogP contribution in [0.5, 0.6) is 0 Å². The number of carbonyl (C=O) groups excluding carboxylic acids is 1. The molecule has 0 aromatic heterocycles. The number of hydrogen-bond acceptors (Lipinski definition) is 3. The minimum absolute atomic E-state index is 0.0364. The fraction of sp³-hybridized carbons (Fsp3) is 0.261. The molecule has 0 heterocycles. The Hall–Kier alpha value is -2.26. The summed E-state index contributed by atoms with van der Waals surface area (Å²) >= 11 is 0. The first-order chi connectivity index (χ1) is 13.7. The van der Waals surface area contributed by atoms with Gasteiger partial charge < -0.3 is 15.7 Å². The van der Waals surface area contributed by atoms with Gasteiger partial charge in [0, 0.05) is 12.6 Å². The van der Waals surface area contributed by atoms with Gasteiger partial charge in [-0.3, -0.25) is 4.79 Å². The maximum atomic E-state index is 11.6. The van der Waals surface area contributed by atoms with E-state index in [0.29, 0.717) is 6.54 Å². The first-order valence-electron chi connectivity index (χ1n) is 9.59. The molecule has 1 unspecified atom stereocenters. The van der Waals surface area contributed by atoms with Crippen LogP contribution < -0.4 is 21.2 Å². The third-order valence-electron chi connectivity index (χ3n) is 4.49. The summed E-state index contributed by atoms with van der Waals surface area (Å²) in [4.78, 5) is 11.6. The van der Waals surface area contributed by atoms with Crippen LogP contribution in [0.15, 0.2) is 83.7 Å². The van der Waals surface area contributed by atoms with Crippen LogP contribution in [0.4, 0.5) is 0 Å². The van der Waals surface area contributed by atoms with E-state index < -0.39 is 7.92 Å². The van der Waals surface area contributed by atoms with Crippen molar-refractivity contribution in [3.8, 4) is 0 Å². The molecule has 5 heteroatoms. The molecular formula is C23H27N2O2P. The van der Waals surface area contributed by atoms with Crippen LogP contribution in [0, 0.1) is 0 Å². The van der Waals surface area contributed by atoms with E-state index >= 15 is 0 Å². The summed E-state index contributed by atoms with van der Waals surface area (Å²) < 4.78 is 0. The fourth-order valence-corrected chi connectivity index (χ4v) is 5.11. The minimum Gasteiger partial charge on any atom is -0.395 e. The zero-order valence-electron chi connectivity index (χ0n) is 16.1. The van der Waals surface area contributed by atoms with Crippen molar-refractivity contribution in [2.24, 2.45) is 0 Å². The van der Waals surface area contributed by atoms with E-state index in [1.165, 1.54) is 21.8 Å². The molecule has 0 bridgehead atoms. The Labute approximate surface area is 168 Å². The topological polar surface area (TPSA) is 61.4 Å². The second-order valence-electron chi connectivity index (χ2n) is 6.81. The highest BCUT2D eigenvalue weighted by atomic mass is 31.1. The summed E-state index contributed by atoms with van der Waals surface area (Å²) in [5.41, 5.74) is 2.76. The third-order valence-corrected chi connectivity index (χ3v) is 6.77. The van der Waals surface area contributed by atoms with E-state index in [9.17, 15) is 4.79 Å². The van der Waals surface area contributed by atoms with Gasteiger partial charge in [-0.25, -0.2) is 0 Å². The van der Waals surface area contributed by atoms with Gasteiger partial charge in [0.15, 0.2) is 0 Å². The molecule has 1 amide bonds. The van der Waals surface area contributed by atoms with E-state index in [1.807, 2.05) is 0 Å². The second kappa shape index (κ2) is 10.3. The molecule has 0 spiro atoms. The minimum atomic E-state index is -0.516. The van der Waals surface area contributed by atoms with Crippen LogP contribution in [0.25, 0.3) is 0 Å². The molecule has 0 radical (unpaired) electrons. The molecule has 3 N–H and O–H groups in total. The number of allylic oxidation sites excluding steroid dienone is 2. The standard InChI is InChI=1S/C23H27N2O2P/c1-18(25-16-23(27)24-12-13-26)14-19-15-20(19)17-28(21-8-4-2-5-9-21)22-10-6-3-7-11-22/h2-11,14,17-18,25-26H,12-13,15-16H2,1H3,(H,24,27)/b19-14+,20-17+. The first-order valence-corrected chi connectivity index (χ1v) is 11.0. The summed E-state index contributed by atoms with van der Waals surface area (Å²) in [6, 6.07) is 21.5. The van der Waals surface area contributed by atoms with E-state index in [-0.39, 0.29) is 25.1 Å². The molecule has 2 aromatic rings. The Morgan fingerprint density at radius 3 is 2.25 bits per heavy atom. The number of carbonyl (C=O) groups is 1. The predicted molar refractivity (Wildman–Crippen MR) is 117 cm³/mol. The predicted octanol–water partition coefficient (Wildman–Crippen LogP) is 2.42. The Balaban J connectivity index is 1.65. The van der Waals surface area contributed by atoms with Crippen LogP contribution in [0.1, 0.15) is 13.3 Å². The van der Waals surface area contributed by atoms with E-state index in [0.717, 1.165) is 6.42 Å². The molecule has 0 saturated heterocycles. The van der Waals surface area contributed by atoms with Gasteiger partial charge in [0.2, 0.25) is 5.91 Å². The van der Waals surface area contributed by atoms with Crippen molar-refractivity contribution in [2.45, 2.75) is 19.4 Å². The van der Waals surface area contributed by atoms with Gasteiger partial charge in [-0.05, 0) is 48.8 Å². The number of rotatable bonds is 9. The molecule has 0 aliphatic heterocycles. The molecule has 2 aromatic carbocycles. The highest BCUT2D eigenvalue weighted by molar-refractivity contribution is 7.75. The number of aliphatic hydroxyl groups excluding tert-OH is 1. The average Bonchev–Trinajstić information content (AvgIpc) is 3.47. The smallest absolute Gasteiger partial charge is 0.234 e. The molecule has 4 nitrogen and oxygen atoms in total. The summed E-state index contributed by atoms with van der Waals surface area (Å²) in [5.74, 6) is 2.33. The van der Waals surface area contributed by atoms with Crippen LogP contribution in [-0.2, 0) is 4.79 Å². The number of hydrogen-bond donors (Lipinski definition) is 3. The van der Waals surface area contributed by atoms with E-state index in [4.69, 9.17) is 5.11 Å². The Kier molecular flexibility index (Phi) is 7.55. The van der Waals surface area contributed by atoms with Crippen molar-refractivity contribution in [2.75, 3.05) is 19.7 Å². The zero-order chi connectivity index (χ0) is 19.8. The molecule has 3 rings (SSSR count). The van der Waals surface area contributed by atoms with Crippen molar-refractivity contribution in [1.82, 2.24) is 10.6 Å². The van der Waals surface area contributed by atoms with Crippen LogP contribution in [0.2, 0.25) is 0 Å². The molecule has 1 fully saturated rings. The molecule has 146 valence electrons. The quantitative estimate of drug-likeness (QED) is 0.573. The largest absolute Gasteiger partial charge is 0.395 e. The zero-order valence-corrected chi connectivity index (χ0v) is 17.0. The van der Waals surface area contributed by atoms with Crippen molar-refractivity contribution >= 4 is 24.4 Å². The maximum Gasteiger partial charge on any atom is 0.234 e. The summed E-state index contributed by atoms with van der Waals surface area (Å²) in [7, 11) is -0.516. The second-order valence-corrected chi connectivity index (χ2v) is 8.84. The average molecular weight is 394 g/mol. The third kappa shape index (κ3) is 6.13. The van der Waals surface area contributed by atoms with Gasteiger partial charge in [0.1, 0.15) is 0 Å². The van der Waals surface area contributed by atoms with Crippen molar-refractivity contribution < 1.29 is 9.90 Å². The highest BCUT2D eigenvalue weighted by Crippen LogP contribution is 2.46. The lowest BCUT2D eigenvalue weighted by atomic mass is 10.3. The van der Waals surface area contributed by atoms with Gasteiger partial charge in [-0.1, -0.05) is 66.7 Å². The molecule has 1 aliphatic rings. The lowest BCUT2D eigenvalue weighted by molar-refractivity contribution is -0.120. The SMILES string of the molecule is CC(/C=C1\C\C1=C/P(c1ccccc1)c1ccccc1)NCC(=O)NCCO. The summed E-state index contributed by atoms with van der Waals surface area (Å²) in [6.07, 6.45) is 3.22. The lowest BCUT2D eigenvalue weighted by Gasteiger charge is -2.14. The number of nitrogens with one attached hydrogen (secondary N) is 2. The van der Waals surface area contributed by atoms with E-state index in [2.05, 4.69) is 90.1 Å². The van der Waals surface area contributed by atoms with Gasteiger partial charge >= 0.3 is 0 Å². The van der Waals surface area contributed by atoms with Crippen molar-refractivity contribution in [3.05, 3.63) is 83.7 Å². The maximum absolute atomic E-state index is 11.6. The summed E-state index contributed by atoms with van der Waals surface area (Å²) in [5, 5.41) is 17.3. The van der Waals surface area contributed by atoms with Crippen LogP contribution >= 0.6 is 7.92 Å². The van der Waals surface area contributed by atoms with Gasteiger partial charge in [-0.2, -0.15) is 0 Å². The van der Waals surface area contributed by atoms with Gasteiger partial charge in [0.25, 0.3) is 0 Å². The molecule has 1 atom stereocenters. The Bertz CT molecular complexity index is 795. The highest BCUT2D eigenvalue weighted by Gasteiger charge is 2.24. The Morgan fingerprint density at radius 1 is 1.07 bits per heavy atom. The molecule has 28 heavy (non-hydrogen) atoms. The number of benzene rings is 2. The Morgan fingerprint density at radius 2 is 1.68 bits per heavy atom. The monoisotopic (exact) mass is 394 g/mol. The normalized spacial score (nSPS) is 17.1. The molecular weight excluding hydrogens is 367 g/mol. The number of amides is 1. The van der Waals surface area contributed by atoms with Crippen LogP contribution in [0.3, 0.4) is 0 Å².